The Morgan fingerprint density at radius 1 is 1.00 bits per heavy atom. The van der Waals surface area contributed by atoms with E-state index in [0.29, 0.717) is 29.0 Å². The summed E-state index contributed by atoms with van der Waals surface area (Å²) in [6, 6.07) is 0.912. The number of hydrogen-bond donors (Lipinski definition) is 1. The van der Waals surface area contributed by atoms with Crippen LogP contribution in [0.25, 0.3) is 11.1 Å². The molecule has 0 saturated carbocycles. The van der Waals surface area contributed by atoms with Gasteiger partial charge in [0, 0.05) is 49.6 Å². The maximum absolute atomic E-state index is 15.2. The SMILES string of the molecule is CC(=O)[C@H](Cc1ccc(-c2c(C)n(C)c(=O)n(C)c2=O)c2c1OCCO2)NC(=O)c1c(F)cc(N2CCOC[C@@H]2C(F)(F)F)cc1F. The summed E-state index contributed by atoms with van der Waals surface area (Å²) in [6.07, 6.45) is -4.95. The van der Waals surface area contributed by atoms with Crippen LogP contribution in [0.4, 0.5) is 27.6 Å². The quantitative estimate of drug-likeness (QED) is 0.383. The zero-order chi connectivity index (χ0) is 34.4. The minimum Gasteiger partial charge on any atom is -0.486 e. The summed E-state index contributed by atoms with van der Waals surface area (Å²) in [5.74, 6) is -4.35. The number of Topliss-reactive ketones (excluding diaryl/α,β-unsaturated/α-hetero) is 1. The van der Waals surface area contributed by atoms with E-state index in [1.54, 1.807) is 19.1 Å². The molecule has 11 nitrogen and oxygen atoms in total. The lowest BCUT2D eigenvalue weighted by Gasteiger charge is -2.38. The van der Waals surface area contributed by atoms with Crippen LogP contribution in [0, 0.1) is 18.6 Å². The second kappa shape index (κ2) is 12.8. The number of rotatable bonds is 7. The fourth-order valence-electron chi connectivity index (χ4n) is 5.68. The van der Waals surface area contributed by atoms with Gasteiger partial charge in [-0.2, -0.15) is 13.2 Å². The van der Waals surface area contributed by atoms with Crippen molar-refractivity contribution < 1.29 is 45.8 Å². The number of halogens is 5. The number of fused-ring (bicyclic) bond motifs is 1. The molecule has 2 aliphatic heterocycles. The number of carbonyl (C=O) groups excluding carboxylic acids is 2. The minimum atomic E-state index is -4.74. The number of nitrogens with one attached hydrogen (secondary N) is 1. The Bertz CT molecular complexity index is 1850. The van der Waals surface area contributed by atoms with Crippen molar-refractivity contribution in [1.82, 2.24) is 14.5 Å². The first-order chi connectivity index (χ1) is 22.1. The van der Waals surface area contributed by atoms with Crippen LogP contribution in [0.1, 0.15) is 28.5 Å². The number of ether oxygens (including phenoxy) is 3. The molecule has 0 aliphatic carbocycles. The molecule has 0 unspecified atom stereocenters. The van der Waals surface area contributed by atoms with Gasteiger partial charge in [-0.3, -0.25) is 19.0 Å². The van der Waals surface area contributed by atoms with Crippen molar-refractivity contribution in [3.05, 3.63) is 73.6 Å². The average molecular weight is 667 g/mol. The van der Waals surface area contributed by atoms with Gasteiger partial charge in [-0.25, -0.2) is 13.6 Å². The van der Waals surface area contributed by atoms with Crippen LogP contribution in [0.3, 0.4) is 0 Å². The zero-order valence-electron chi connectivity index (χ0n) is 25.8. The van der Waals surface area contributed by atoms with E-state index in [0.717, 1.165) is 16.4 Å². The lowest BCUT2D eigenvalue weighted by molar-refractivity contribution is -0.167. The molecule has 3 aromatic rings. The third-order valence-corrected chi connectivity index (χ3v) is 8.31. The third kappa shape index (κ3) is 6.33. The second-order valence-corrected chi connectivity index (χ2v) is 11.2. The number of anilines is 1. The van der Waals surface area contributed by atoms with Gasteiger partial charge in [0.2, 0.25) is 0 Å². The Morgan fingerprint density at radius 2 is 1.64 bits per heavy atom. The molecule has 1 amide bonds. The van der Waals surface area contributed by atoms with Crippen LogP contribution in [0.2, 0.25) is 0 Å². The van der Waals surface area contributed by atoms with Crippen LogP contribution in [-0.2, 0) is 30.0 Å². The third-order valence-electron chi connectivity index (χ3n) is 8.31. The molecular formula is C31H31F5N4O7. The normalized spacial score (nSPS) is 17.0. The fraction of sp³-hybridized carbons (Fsp3) is 0.419. The molecule has 2 aliphatic rings. The van der Waals surface area contributed by atoms with Gasteiger partial charge in [0.1, 0.15) is 36.5 Å². The second-order valence-electron chi connectivity index (χ2n) is 11.2. The molecule has 252 valence electrons. The number of aromatic nitrogens is 2. The van der Waals surface area contributed by atoms with Gasteiger partial charge in [0.05, 0.1) is 24.8 Å². The maximum Gasteiger partial charge on any atom is 0.411 e. The van der Waals surface area contributed by atoms with Crippen molar-refractivity contribution in [2.24, 2.45) is 14.1 Å². The Hall–Kier alpha value is -4.73. The van der Waals surface area contributed by atoms with Gasteiger partial charge in [-0.15, -0.1) is 0 Å². The fourth-order valence-corrected chi connectivity index (χ4v) is 5.68. The lowest BCUT2D eigenvalue weighted by atomic mass is 9.96. The zero-order valence-corrected chi connectivity index (χ0v) is 25.8. The topological polar surface area (TPSA) is 121 Å². The molecule has 1 fully saturated rings. The van der Waals surface area contributed by atoms with E-state index in [1.807, 2.05) is 0 Å². The first kappa shape index (κ1) is 33.6. The summed E-state index contributed by atoms with van der Waals surface area (Å²) in [4.78, 5) is 52.1. The van der Waals surface area contributed by atoms with Gasteiger partial charge in [-0.1, -0.05) is 6.07 Å². The van der Waals surface area contributed by atoms with Crippen LogP contribution in [0.5, 0.6) is 11.5 Å². The monoisotopic (exact) mass is 666 g/mol. The molecular weight excluding hydrogens is 635 g/mol. The predicted molar refractivity (Wildman–Crippen MR) is 158 cm³/mol. The minimum absolute atomic E-state index is 0.0981. The van der Waals surface area contributed by atoms with Gasteiger partial charge < -0.3 is 29.0 Å². The Morgan fingerprint density at radius 3 is 2.26 bits per heavy atom. The van der Waals surface area contributed by atoms with E-state index >= 15 is 8.78 Å². The Balaban J connectivity index is 1.45. The van der Waals surface area contributed by atoms with Crippen molar-refractivity contribution in [3.8, 4) is 22.6 Å². The van der Waals surface area contributed by atoms with Crippen LogP contribution in [-0.4, -0.2) is 72.1 Å². The number of alkyl halides is 3. The molecule has 3 heterocycles. The molecule has 1 N–H and O–H groups in total. The molecule has 5 rings (SSSR count). The first-order valence-electron chi connectivity index (χ1n) is 14.5. The molecule has 2 aromatic carbocycles. The van der Waals surface area contributed by atoms with Crippen molar-refractivity contribution in [2.75, 3.05) is 37.9 Å². The number of nitrogens with zero attached hydrogens (tertiary/aromatic N) is 3. The summed E-state index contributed by atoms with van der Waals surface area (Å²) < 4.78 is 89.8. The highest BCUT2D eigenvalue weighted by atomic mass is 19.4. The highest BCUT2D eigenvalue weighted by Gasteiger charge is 2.46. The van der Waals surface area contributed by atoms with E-state index in [-0.39, 0.29) is 49.8 Å². The Kier molecular flexibility index (Phi) is 9.17. The smallest absolute Gasteiger partial charge is 0.411 e. The lowest BCUT2D eigenvalue weighted by Crippen LogP contribution is -2.53. The number of benzene rings is 2. The molecule has 1 aromatic heterocycles. The van der Waals surface area contributed by atoms with Crippen LogP contribution < -0.4 is 30.9 Å². The van der Waals surface area contributed by atoms with Gasteiger partial charge in [-0.05, 0) is 32.0 Å². The highest BCUT2D eigenvalue weighted by Crippen LogP contribution is 2.43. The summed E-state index contributed by atoms with van der Waals surface area (Å²) in [6.45, 7) is 1.90. The first-order valence-corrected chi connectivity index (χ1v) is 14.5. The number of amides is 1. The molecule has 0 spiro atoms. The standard InChI is InChI=1S/C31H31F5N4O7/c1-15-24(29(43)39(4)30(44)38(15)3)19-6-5-17(26-27(19)47-10-9-46-26)11-22(16(2)41)37-28(42)25-20(32)12-18(13-21(25)33)40-7-8-45-14-23(40)31(34,35)36/h5-6,12-13,22-23H,7-11,14H2,1-4H3,(H,37,42)/t22-,23+/m0/s1. The van der Waals surface area contributed by atoms with Crippen LogP contribution >= 0.6 is 0 Å². The molecule has 2 atom stereocenters. The van der Waals surface area contributed by atoms with E-state index in [9.17, 15) is 32.3 Å². The maximum atomic E-state index is 15.2. The molecule has 0 radical (unpaired) electrons. The summed E-state index contributed by atoms with van der Waals surface area (Å²) >= 11 is 0. The van der Waals surface area contributed by atoms with Crippen molar-refractivity contribution in [2.45, 2.75) is 38.5 Å². The van der Waals surface area contributed by atoms with Crippen molar-refractivity contribution >= 4 is 17.4 Å². The summed E-state index contributed by atoms with van der Waals surface area (Å²) in [5, 5.41) is 2.32. The number of morpholine rings is 1. The van der Waals surface area contributed by atoms with Crippen molar-refractivity contribution in [1.29, 1.82) is 0 Å². The van der Waals surface area contributed by atoms with Crippen molar-refractivity contribution in [3.63, 3.8) is 0 Å². The van der Waals surface area contributed by atoms with E-state index in [1.165, 1.54) is 18.7 Å². The highest BCUT2D eigenvalue weighted by molar-refractivity contribution is 5.98. The predicted octanol–water partition coefficient (Wildman–Crippen LogP) is 2.81. The summed E-state index contributed by atoms with van der Waals surface area (Å²) in [7, 11) is 2.85. The molecule has 47 heavy (non-hydrogen) atoms. The largest absolute Gasteiger partial charge is 0.486 e. The van der Waals surface area contributed by atoms with Crippen LogP contribution in [0.15, 0.2) is 33.9 Å². The summed E-state index contributed by atoms with van der Waals surface area (Å²) in [5.41, 5.74) is -1.33. The number of hydrogen-bond acceptors (Lipinski definition) is 8. The van der Waals surface area contributed by atoms with E-state index < -0.39 is 70.7 Å². The van der Waals surface area contributed by atoms with Gasteiger partial charge in [0.15, 0.2) is 17.3 Å². The molecule has 1 saturated heterocycles. The number of ketones is 1. The van der Waals surface area contributed by atoms with E-state index in [2.05, 4.69) is 5.32 Å². The average Bonchev–Trinajstić information content (AvgIpc) is 3.02. The van der Waals surface area contributed by atoms with Gasteiger partial charge >= 0.3 is 11.9 Å². The Labute approximate surface area is 264 Å². The van der Waals surface area contributed by atoms with Gasteiger partial charge in [0.25, 0.3) is 11.5 Å². The van der Waals surface area contributed by atoms with E-state index in [4.69, 9.17) is 14.2 Å². The molecule has 16 heteroatoms. The molecule has 0 bridgehead atoms. The number of carbonyl (C=O) groups is 2.